The molecule has 4 heteroatoms. The molecule has 0 radical (unpaired) electrons. The first-order valence-electron chi connectivity index (χ1n) is 9.38. The van der Waals surface area contributed by atoms with Gasteiger partial charge in [0.25, 0.3) is 5.91 Å². The van der Waals surface area contributed by atoms with Crippen LogP contribution in [-0.4, -0.2) is 5.91 Å². The molecule has 0 saturated heterocycles. The summed E-state index contributed by atoms with van der Waals surface area (Å²) in [6, 6.07) is 23.4. The molecule has 1 heterocycles. The Morgan fingerprint density at radius 1 is 0.964 bits per heavy atom. The molecule has 3 aromatic carbocycles. The number of benzene rings is 3. The number of amides is 1. The Labute approximate surface area is 164 Å². The van der Waals surface area contributed by atoms with Crippen LogP contribution in [0.4, 0.5) is 11.4 Å². The third-order valence-corrected chi connectivity index (χ3v) is 4.82. The fourth-order valence-electron chi connectivity index (χ4n) is 3.26. The Morgan fingerprint density at radius 2 is 1.71 bits per heavy atom. The summed E-state index contributed by atoms with van der Waals surface area (Å²) in [5, 5.41) is 0. The van der Waals surface area contributed by atoms with Crippen molar-refractivity contribution in [3.05, 3.63) is 95.2 Å². The number of carbonyl (C=O) groups excluding carboxylic acids is 1. The maximum Gasteiger partial charge on any atom is 0.294 e. The van der Waals surface area contributed by atoms with Crippen LogP contribution < -0.4 is 15.4 Å². The van der Waals surface area contributed by atoms with E-state index in [9.17, 15) is 4.79 Å². The van der Waals surface area contributed by atoms with Crippen molar-refractivity contribution < 1.29 is 9.53 Å². The van der Waals surface area contributed by atoms with Crippen LogP contribution >= 0.6 is 0 Å². The molecule has 0 aromatic heterocycles. The van der Waals surface area contributed by atoms with Crippen molar-refractivity contribution in [3.63, 3.8) is 0 Å². The number of nitrogens with two attached hydrogens (primary N) is 1. The molecule has 1 amide bonds. The molecular formula is C24H22N2O2. The van der Waals surface area contributed by atoms with Crippen LogP contribution in [0.15, 0.2) is 78.6 Å². The number of nitrogen functional groups attached to an aromatic ring is 1. The Bertz CT molecular complexity index is 1020. The van der Waals surface area contributed by atoms with E-state index in [2.05, 4.69) is 19.1 Å². The summed E-state index contributed by atoms with van der Waals surface area (Å²) < 4.78 is 5.94. The standard InChI is InChI=1S/C24H22N2O2/c1-2-17-8-10-18(11-9-17)14-23-24(27)26(16-19-6-4-3-5-7-19)21-13-12-20(25)15-22(21)28-23/h3-15H,2,16,25H2,1H3/b23-14+. The van der Waals surface area contributed by atoms with E-state index in [1.54, 1.807) is 23.1 Å². The maximum absolute atomic E-state index is 13.2. The van der Waals surface area contributed by atoms with Gasteiger partial charge >= 0.3 is 0 Å². The molecule has 2 N–H and O–H groups in total. The topological polar surface area (TPSA) is 55.6 Å². The average molecular weight is 370 g/mol. The molecule has 3 aromatic rings. The molecule has 0 bridgehead atoms. The van der Waals surface area contributed by atoms with E-state index < -0.39 is 0 Å². The predicted octanol–water partition coefficient (Wildman–Crippen LogP) is 4.80. The van der Waals surface area contributed by atoms with Gasteiger partial charge in [-0.2, -0.15) is 0 Å². The summed E-state index contributed by atoms with van der Waals surface area (Å²) in [5.74, 6) is 0.714. The molecule has 28 heavy (non-hydrogen) atoms. The van der Waals surface area contributed by atoms with Crippen LogP contribution in [0.2, 0.25) is 0 Å². The fraction of sp³-hybridized carbons (Fsp3) is 0.125. The summed E-state index contributed by atoms with van der Waals surface area (Å²) >= 11 is 0. The number of rotatable bonds is 4. The number of anilines is 2. The van der Waals surface area contributed by atoms with Crippen molar-refractivity contribution in [3.8, 4) is 5.75 Å². The van der Waals surface area contributed by atoms with Crippen LogP contribution in [0.1, 0.15) is 23.6 Å². The molecule has 0 spiro atoms. The van der Waals surface area contributed by atoms with Gasteiger partial charge in [0.1, 0.15) is 0 Å². The molecule has 140 valence electrons. The lowest BCUT2D eigenvalue weighted by Crippen LogP contribution is -2.36. The van der Waals surface area contributed by atoms with Crippen molar-refractivity contribution in [1.82, 2.24) is 0 Å². The van der Waals surface area contributed by atoms with E-state index in [-0.39, 0.29) is 5.91 Å². The van der Waals surface area contributed by atoms with E-state index in [1.807, 2.05) is 48.5 Å². The van der Waals surface area contributed by atoms with Crippen molar-refractivity contribution in [2.75, 3.05) is 10.6 Å². The van der Waals surface area contributed by atoms with Crippen molar-refractivity contribution in [1.29, 1.82) is 0 Å². The van der Waals surface area contributed by atoms with Gasteiger partial charge in [-0.15, -0.1) is 0 Å². The van der Waals surface area contributed by atoms with Crippen LogP contribution in [0.3, 0.4) is 0 Å². The monoisotopic (exact) mass is 370 g/mol. The average Bonchev–Trinajstić information content (AvgIpc) is 2.72. The summed E-state index contributed by atoms with van der Waals surface area (Å²) in [7, 11) is 0. The number of hydrogen-bond donors (Lipinski definition) is 1. The van der Waals surface area contributed by atoms with Crippen LogP contribution in [0.25, 0.3) is 6.08 Å². The van der Waals surface area contributed by atoms with Gasteiger partial charge in [0.15, 0.2) is 11.5 Å². The lowest BCUT2D eigenvalue weighted by atomic mass is 10.1. The second-order valence-electron chi connectivity index (χ2n) is 6.81. The van der Waals surface area contributed by atoms with E-state index in [0.717, 1.165) is 23.2 Å². The van der Waals surface area contributed by atoms with Crippen LogP contribution in [0.5, 0.6) is 5.75 Å². The number of carbonyl (C=O) groups is 1. The summed E-state index contributed by atoms with van der Waals surface area (Å²) in [6.45, 7) is 2.58. The zero-order chi connectivity index (χ0) is 19.5. The Balaban J connectivity index is 1.73. The third kappa shape index (κ3) is 3.62. The first kappa shape index (κ1) is 17.9. The van der Waals surface area contributed by atoms with Gasteiger partial charge in [0, 0.05) is 11.8 Å². The second kappa shape index (κ2) is 7.61. The highest BCUT2D eigenvalue weighted by Crippen LogP contribution is 2.38. The zero-order valence-electron chi connectivity index (χ0n) is 15.8. The molecule has 0 unspecified atom stereocenters. The second-order valence-corrected chi connectivity index (χ2v) is 6.81. The number of nitrogens with zero attached hydrogens (tertiary/aromatic N) is 1. The lowest BCUT2D eigenvalue weighted by Gasteiger charge is -2.31. The number of ether oxygens (including phenoxy) is 1. The van der Waals surface area contributed by atoms with Crippen LogP contribution in [0, 0.1) is 0 Å². The molecule has 4 nitrogen and oxygen atoms in total. The Morgan fingerprint density at radius 3 is 2.43 bits per heavy atom. The largest absolute Gasteiger partial charge is 0.449 e. The molecule has 0 fully saturated rings. The van der Waals surface area contributed by atoms with E-state index in [1.165, 1.54) is 5.56 Å². The maximum atomic E-state index is 13.2. The van der Waals surface area contributed by atoms with E-state index in [4.69, 9.17) is 10.5 Å². The SMILES string of the molecule is CCc1ccc(/C=C2/Oc3cc(N)ccc3N(Cc3ccccc3)C2=O)cc1. The van der Waals surface area contributed by atoms with Gasteiger partial charge in [-0.05, 0) is 41.3 Å². The zero-order valence-corrected chi connectivity index (χ0v) is 15.8. The molecular weight excluding hydrogens is 348 g/mol. The minimum atomic E-state index is -0.166. The van der Waals surface area contributed by atoms with Gasteiger partial charge in [0.2, 0.25) is 0 Å². The summed E-state index contributed by atoms with van der Waals surface area (Å²) in [4.78, 5) is 14.9. The lowest BCUT2D eigenvalue weighted by molar-refractivity contribution is -0.117. The highest BCUT2D eigenvalue weighted by atomic mass is 16.5. The molecule has 0 atom stereocenters. The minimum Gasteiger partial charge on any atom is -0.449 e. The normalized spacial score (nSPS) is 14.7. The van der Waals surface area contributed by atoms with Crippen molar-refractivity contribution in [2.24, 2.45) is 0 Å². The van der Waals surface area contributed by atoms with E-state index in [0.29, 0.717) is 23.7 Å². The quantitative estimate of drug-likeness (QED) is 0.530. The summed E-state index contributed by atoms with van der Waals surface area (Å²) in [6.07, 6.45) is 2.76. The molecule has 0 saturated carbocycles. The predicted molar refractivity (Wildman–Crippen MR) is 113 cm³/mol. The number of fused-ring (bicyclic) bond motifs is 1. The first-order valence-corrected chi connectivity index (χ1v) is 9.38. The van der Waals surface area contributed by atoms with Gasteiger partial charge < -0.3 is 10.5 Å². The van der Waals surface area contributed by atoms with Crippen molar-refractivity contribution in [2.45, 2.75) is 19.9 Å². The Kier molecular flexibility index (Phi) is 4.85. The fourth-order valence-corrected chi connectivity index (χ4v) is 3.26. The van der Waals surface area contributed by atoms with E-state index >= 15 is 0 Å². The highest BCUT2D eigenvalue weighted by molar-refractivity contribution is 6.09. The molecule has 1 aliphatic rings. The summed E-state index contributed by atoms with van der Waals surface area (Å²) in [5.41, 5.74) is 10.5. The van der Waals surface area contributed by atoms with Crippen LogP contribution in [-0.2, 0) is 17.8 Å². The molecule has 1 aliphatic heterocycles. The molecule has 4 rings (SSSR count). The minimum absolute atomic E-state index is 0.166. The van der Waals surface area contributed by atoms with Gasteiger partial charge in [-0.1, -0.05) is 61.5 Å². The van der Waals surface area contributed by atoms with Gasteiger partial charge in [-0.3, -0.25) is 9.69 Å². The smallest absolute Gasteiger partial charge is 0.294 e. The first-order chi connectivity index (χ1) is 13.6. The van der Waals surface area contributed by atoms with Crippen molar-refractivity contribution >= 4 is 23.4 Å². The number of aryl methyl sites for hydroxylation is 1. The van der Waals surface area contributed by atoms with Gasteiger partial charge in [0.05, 0.1) is 12.2 Å². The molecule has 0 aliphatic carbocycles. The highest BCUT2D eigenvalue weighted by Gasteiger charge is 2.30. The Hall–Kier alpha value is -3.53. The van der Waals surface area contributed by atoms with Gasteiger partial charge in [-0.25, -0.2) is 0 Å². The third-order valence-electron chi connectivity index (χ3n) is 4.82. The number of hydrogen-bond acceptors (Lipinski definition) is 3.